The third-order valence-corrected chi connectivity index (χ3v) is 7.71. The first-order valence-corrected chi connectivity index (χ1v) is 11.8. The minimum Gasteiger partial charge on any atom is -0.462 e. The number of ether oxygens (including phenoxy) is 1. The summed E-state index contributed by atoms with van der Waals surface area (Å²) in [6.45, 7) is 2.06. The smallest absolute Gasteiger partial charge is 0.309 e. The molecule has 5 rings (SSSR count). The van der Waals surface area contributed by atoms with E-state index in [1.807, 2.05) is 42.6 Å². The highest BCUT2D eigenvalue weighted by Crippen LogP contribution is 2.53. The number of rotatable bonds is 3. The van der Waals surface area contributed by atoms with Crippen molar-refractivity contribution in [1.82, 2.24) is 4.98 Å². The summed E-state index contributed by atoms with van der Waals surface area (Å²) in [6.07, 6.45) is 20.3. The number of fused-ring (bicyclic) bond motifs is 2. The van der Waals surface area contributed by atoms with Crippen LogP contribution < -0.4 is 0 Å². The molecule has 1 saturated heterocycles. The summed E-state index contributed by atoms with van der Waals surface area (Å²) in [5.41, 5.74) is 3.42. The van der Waals surface area contributed by atoms with Gasteiger partial charge in [-0.05, 0) is 55.7 Å². The second-order valence-electron chi connectivity index (χ2n) is 9.34. The van der Waals surface area contributed by atoms with Crippen molar-refractivity contribution in [1.29, 1.82) is 5.26 Å². The highest BCUT2D eigenvalue weighted by molar-refractivity contribution is 5.75. The van der Waals surface area contributed by atoms with Gasteiger partial charge in [0, 0.05) is 23.2 Å². The van der Waals surface area contributed by atoms with Gasteiger partial charge in [0.25, 0.3) is 0 Å². The number of pyridine rings is 1. The van der Waals surface area contributed by atoms with Crippen molar-refractivity contribution in [2.24, 2.45) is 29.6 Å². The Kier molecular flexibility index (Phi) is 6.95. The number of hydrogen-bond donors (Lipinski definition) is 0. The summed E-state index contributed by atoms with van der Waals surface area (Å²) in [7, 11) is 0. The number of cyclic esters (lactones) is 1. The number of nitriles is 1. The molecule has 6 unspecified atom stereocenters. The molecule has 0 radical (unpaired) electrons. The summed E-state index contributed by atoms with van der Waals surface area (Å²) in [4.78, 5) is 17.1. The van der Waals surface area contributed by atoms with E-state index in [0.29, 0.717) is 23.3 Å². The number of hydrogen-bond acceptors (Lipinski definition) is 4. The average Bonchev–Trinajstić information content (AvgIpc) is 3.16. The number of carbonyl (C=O) groups excluding carboxylic acids is 1. The van der Waals surface area contributed by atoms with E-state index in [0.717, 1.165) is 23.2 Å². The Morgan fingerprint density at radius 2 is 1.94 bits per heavy atom. The molecule has 2 aromatic rings. The van der Waals surface area contributed by atoms with E-state index in [4.69, 9.17) is 4.74 Å². The maximum atomic E-state index is 12.5. The zero-order chi connectivity index (χ0) is 23.4. The van der Waals surface area contributed by atoms with E-state index < -0.39 is 0 Å². The van der Waals surface area contributed by atoms with Crippen LogP contribution in [0.2, 0.25) is 0 Å². The lowest BCUT2D eigenvalue weighted by Crippen LogP contribution is -2.42. The van der Waals surface area contributed by atoms with E-state index in [1.54, 1.807) is 0 Å². The minimum atomic E-state index is -0.00662. The maximum Gasteiger partial charge on any atom is 0.309 e. The van der Waals surface area contributed by atoms with E-state index in [2.05, 4.69) is 43.0 Å². The molecule has 2 saturated carbocycles. The van der Waals surface area contributed by atoms with E-state index in [-0.39, 0.29) is 23.9 Å². The van der Waals surface area contributed by atoms with E-state index in [1.165, 1.54) is 25.7 Å². The first-order valence-electron chi connectivity index (χ1n) is 11.8. The predicted octanol–water partition coefficient (Wildman–Crippen LogP) is 5.89. The molecule has 4 nitrogen and oxygen atoms in total. The third kappa shape index (κ3) is 4.44. The lowest BCUT2D eigenvalue weighted by molar-refractivity contribution is -0.144. The van der Waals surface area contributed by atoms with Crippen LogP contribution in [0, 0.1) is 53.8 Å². The molecular formula is C29H30N2O2. The molecule has 3 aliphatic rings. The van der Waals surface area contributed by atoms with Crippen molar-refractivity contribution < 1.29 is 9.53 Å². The summed E-state index contributed by atoms with van der Waals surface area (Å²) in [5.74, 6) is 2.00. The van der Waals surface area contributed by atoms with Gasteiger partial charge in [0.2, 0.25) is 0 Å². The standard InChI is InChI=1S/C27H28N2O2.C2H2/c1-17-26-24(23-9-5-2-6-18(23)14-25(26)27(30)31-17)13-12-21-11-10-20(16-29-21)22-8-4-3-7-19(22)15-28;1-2/h3-4,7-8,10-13,16-18,23-26H,2,5-6,9,14H2,1H3;1-2H/b13-12+;. The molecule has 4 heteroatoms. The fourth-order valence-electron chi connectivity index (χ4n) is 6.29. The number of benzene rings is 1. The predicted molar refractivity (Wildman–Crippen MR) is 129 cm³/mol. The zero-order valence-electron chi connectivity index (χ0n) is 19.1. The van der Waals surface area contributed by atoms with Crippen LogP contribution in [0.5, 0.6) is 0 Å². The molecule has 2 aliphatic carbocycles. The first kappa shape index (κ1) is 22.8. The largest absolute Gasteiger partial charge is 0.462 e. The van der Waals surface area contributed by atoms with E-state index >= 15 is 0 Å². The van der Waals surface area contributed by atoms with Gasteiger partial charge in [-0.25, -0.2) is 0 Å². The van der Waals surface area contributed by atoms with Crippen LogP contribution in [0.1, 0.15) is 50.3 Å². The quantitative estimate of drug-likeness (QED) is 0.443. The minimum absolute atomic E-state index is 0.00662. The molecule has 6 atom stereocenters. The van der Waals surface area contributed by atoms with Gasteiger partial charge in [0.05, 0.1) is 23.2 Å². The van der Waals surface area contributed by atoms with Crippen LogP contribution >= 0.6 is 0 Å². The summed E-state index contributed by atoms with van der Waals surface area (Å²) >= 11 is 0. The van der Waals surface area contributed by atoms with Crippen LogP contribution in [-0.2, 0) is 9.53 Å². The normalized spacial score (nSPS) is 30.3. The highest BCUT2D eigenvalue weighted by Gasteiger charge is 2.53. The molecule has 0 bridgehead atoms. The zero-order valence-corrected chi connectivity index (χ0v) is 19.1. The van der Waals surface area contributed by atoms with Gasteiger partial charge in [-0.3, -0.25) is 9.78 Å². The number of terminal acetylenes is 1. The van der Waals surface area contributed by atoms with Gasteiger partial charge in [-0.1, -0.05) is 49.6 Å². The van der Waals surface area contributed by atoms with Gasteiger partial charge in [0.1, 0.15) is 6.10 Å². The highest BCUT2D eigenvalue weighted by atomic mass is 16.6. The Bertz CT molecular complexity index is 1080. The number of carbonyl (C=O) groups is 1. The second-order valence-corrected chi connectivity index (χ2v) is 9.34. The van der Waals surface area contributed by atoms with Gasteiger partial charge in [-0.15, -0.1) is 12.8 Å². The summed E-state index contributed by atoms with van der Waals surface area (Å²) in [6, 6.07) is 13.9. The molecular weight excluding hydrogens is 408 g/mol. The lowest BCUT2D eigenvalue weighted by atomic mass is 9.57. The van der Waals surface area contributed by atoms with Crippen molar-refractivity contribution in [2.75, 3.05) is 0 Å². The topological polar surface area (TPSA) is 63.0 Å². The molecule has 1 aromatic heterocycles. The molecule has 3 fully saturated rings. The van der Waals surface area contributed by atoms with Gasteiger partial charge >= 0.3 is 5.97 Å². The maximum absolute atomic E-state index is 12.5. The fourth-order valence-corrected chi connectivity index (χ4v) is 6.29. The van der Waals surface area contributed by atoms with Crippen molar-refractivity contribution in [3.05, 3.63) is 59.9 Å². The van der Waals surface area contributed by atoms with Crippen molar-refractivity contribution in [2.45, 2.75) is 45.1 Å². The number of aromatic nitrogens is 1. The van der Waals surface area contributed by atoms with Crippen LogP contribution in [-0.4, -0.2) is 17.1 Å². The third-order valence-electron chi connectivity index (χ3n) is 7.71. The fraction of sp³-hybridized carbons (Fsp3) is 0.414. The lowest BCUT2D eigenvalue weighted by Gasteiger charge is -2.45. The van der Waals surface area contributed by atoms with Gasteiger partial charge in [-0.2, -0.15) is 5.26 Å². The molecule has 2 heterocycles. The second kappa shape index (κ2) is 10.1. The first-order chi connectivity index (χ1) is 16.2. The van der Waals surface area contributed by atoms with Crippen molar-refractivity contribution in [3.8, 4) is 30.0 Å². The summed E-state index contributed by atoms with van der Waals surface area (Å²) < 4.78 is 5.67. The molecule has 33 heavy (non-hydrogen) atoms. The Labute approximate surface area is 196 Å². The molecule has 0 spiro atoms. The van der Waals surface area contributed by atoms with Crippen LogP contribution in [0.25, 0.3) is 17.2 Å². The Balaban J connectivity index is 0.00000126. The van der Waals surface area contributed by atoms with Gasteiger partial charge < -0.3 is 4.74 Å². The molecule has 1 aromatic carbocycles. The Morgan fingerprint density at radius 3 is 2.70 bits per heavy atom. The SMILES string of the molecule is C#C.CC1OC(=O)C2CC3CCCCC3C(/C=C/c3ccc(-c4ccccc4C#N)cn3)C12. The molecule has 0 amide bonds. The number of allylic oxidation sites excluding steroid dienone is 1. The molecule has 0 N–H and O–H groups in total. The van der Waals surface area contributed by atoms with Gasteiger partial charge in [0.15, 0.2) is 0 Å². The van der Waals surface area contributed by atoms with Crippen LogP contribution in [0.3, 0.4) is 0 Å². The van der Waals surface area contributed by atoms with Crippen molar-refractivity contribution >= 4 is 12.0 Å². The Morgan fingerprint density at radius 1 is 1.15 bits per heavy atom. The summed E-state index contributed by atoms with van der Waals surface area (Å²) in [5, 5.41) is 9.36. The average molecular weight is 439 g/mol. The van der Waals surface area contributed by atoms with Crippen molar-refractivity contribution in [3.63, 3.8) is 0 Å². The van der Waals surface area contributed by atoms with Crippen LogP contribution in [0.4, 0.5) is 0 Å². The number of nitrogens with zero attached hydrogens (tertiary/aromatic N) is 2. The van der Waals surface area contributed by atoms with E-state index in [9.17, 15) is 10.1 Å². The molecule has 1 aliphatic heterocycles. The number of esters is 1. The molecule has 168 valence electrons. The monoisotopic (exact) mass is 438 g/mol. The Hall–Kier alpha value is -3.37. The van der Waals surface area contributed by atoms with Crippen LogP contribution in [0.15, 0.2) is 48.7 Å².